The normalized spacial score (nSPS) is 25.6. The van der Waals surface area contributed by atoms with Gasteiger partial charge in [0, 0.05) is 13.0 Å². The van der Waals surface area contributed by atoms with E-state index in [2.05, 4.69) is 20.3 Å². The summed E-state index contributed by atoms with van der Waals surface area (Å²) in [5, 5.41) is 21.9. The lowest BCUT2D eigenvalue weighted by Gasteiger charge is -2.13. The standard InChI is InChI=1S/C12H17N5O4/c1-2-13-12-15-10-9(11(20)16-12)14-5-17(10)8-3-6(19)7(4-18)21-8/h5-8,18-19H,2-4H2,1H3,(H2,13,15,16,20)/t6-,7+,8?/m0/s1. The predicted molar refractivity (Wildman–Crippen MR) is 73.9 cm³/mol. The van der Waals surface area contributed by atoms with Gasteiger partial charge in [-0.25, -0.2) is 4.98 Å². The Morgan fingerprint density at radius 2 is 2.43 bits per heavy atom. The number of hydrogen-bond acceptors (Lipinski definition) is 7. The molecule has 21 heavy (non-hydrogen) atoms. The number of anilines is 1. The van der Waals surface area contributed by atoms with Crippen LogP contribution in [0, 0.1) is 0 Å². The summed E-state index contributed by atoms with van der Waals surface area (Å²) in [4.78, 5) is 22.9. The Kier molecular flexibility index (Phi) is 3.62. The summed E-state index contributed by atoms with van der Waals surface area (Å²) in [7, 11) is 0. The molecule has 0 radical (unpaired) electrons. The highest BCUT2D eigenvalue weighted by Gasteiger charge is 2.35. The molecular formula is C12H17N5O4. The fourth-order valence-corrected chi connectivity index (χ4v) is 2.44. The lowest BCUT2D eigenvalue weighted by Crippen LogP contribution is -2.24. The topological polar surface area (TPSA) is 125 Å². The summed E-state index contributed by atoms with van der Waals surface area (Å²) in [5.41, 5.74) is 0.250. The van der Waals surface area contributed by atoms with Crippen LogP contribution < -0.4 is 10.9 Å². The second kappa shape index (κ2) is 5.43. The number of aliphatic hydroxyl groups is 2. The van der Waals surface area contributed by atoms with E-state index in [0.717, 1.165) is 0 Å². The molecule has 0 bridgehead atoms. The minimum Gasteiger partial charge on any atom is -0.394 e. The molecule has 2 aromatic rings. The lowest BCUT2D eigenvalue weighted by molar-refractivity contribution is -0.0432. The zero-order valence-corrected chi connectivity index (χ0v) is 11.5. The van der Waals surface area contributed by atoms with Crippen molar-refractivity contribution >= 4 is 17.1 Å². The zero-order chi connectivity index (χ0) is 15.0. The van der Waals surface area contributed by atoms with Crippen LogP contribution in [0.3, 0.4) is 0 Å². The van der Waals surface area contributed by atoms with Crippen LogP contribution in [-0.2, 0) is 4.74 Å². The van der Waals surface area contributed by atoms with Crippen LogP contribution in [0.15, 0.2) is 11.1 Å². The van der Waals surface area contributed by atoms with Gasteiger partial charge < -0.3 is 20.3 Å². The molecule has 3 rings (SSSR count). The summed E-state index contributed by atoms with van der Waals surface area (Å²) in [6.07, 6.45) is -0.136. The summed E-state index contributed by atoms with van der Waals surface area (Å²) < 4.78 is 7.17. The van der Waals surface area contributed by atoms with Gasteiger partial charge >= 0.3 is 0 Å². The maximum absolute atomic E-state index is 11.9. The average molecular weight is 295 g/mol. The molecule has 114 valence electrons. The Balaban J connectivity index is 2.01. The van der Waals surface area contributed by atoms with Gasteiger partial charge in [-0.2, -0.15) is 4.98 Å². The molecule has 2 aromatic heterocycles. The number of ether oxygens (including phenoxy) is 1. The average Bonchev–Trinajstić information content (AvgIpc) is 3.02. The van der Waals surface area contributed by atoms with Crippen LogP contribution in [-0.4, -0.2) is 55.1 Å². The van der Waals surface area contributed by atoms with Crippen molar-refractivity contribution < 1.29 is 14.9 Å². The predicted octanol–water partition coefficient (Wildman–Crippen LogP) is -0.808. The molecule has 1 unspecified atom stereocenters. The highest BCUT2D eigenvalue weighted by atomic mass is 16.5. The van der Waals surface area contributed by atoms with Gasteiger partial charge in [0.1, 0.15) is 12.3 Å². The highest BCUT2D eigenvalue weighted by molar-refractivity contribution is 5.70. The lowest BCUT2D eigenvalue weighted by atomic mass is 10.2. The molecule has 9 heteroatoms. The van der Waals surface area contributed by atoms with Gasteiger partial charge in [0.25, 0.3) is 5.56 Å². The minimum absolute atomic E-state index is 0.210. The van der Waals surface area contributed by atoms with E-state index in [4.69, 9.17) is 9.84 Å². The highest BCUT2D eigenvalue weighted by Crippen LogP contribution is 2.30. The molecule has 0 spiro atoms. The van der Waals surface area contributed by atoms with Crippen LogP contribution in [0.2, 0.25) is 0 Å². The first-order valence-electron chi connectivity index (χ1n) is 6.79. The SMILES string of the molecule is CCNc1nc2c(ncn2C2C[C@H](O)[C@@H](CO)O2)c(=O)[nH]1. The van der Waals surface area contributed by atoms with Gasteiger partial charge in [0.2, 0.25) is 5.95 Å². The molecule has 0 saturated carbocycles. The summed E-state index contributed by atoms with van der Waals surface area (Å²) in [6.45, 7) is 2.25. The molecule has 3 atom stereocenters. The van der Waals surface area contributed by atoms with Crippen molar-refractivity contribution in [1.29, 1.82) is 0 Å². The molecule has 1 aliphatic rings. The number of fused-ring (bicyclic) bond motifs is 1. The van der Waals surface area contributed by atoms with E-state index >= 15 is 0 Å². The van der Waals surface area contributed by atoms with Crippen LogP contribution in [0.5, 0.6) is 0 Å². The molecule has 3 heterocycles. The number of aromatic nitrogens is 4. The van der Waals surface area contributed by atoms with Crippen molar-refractivity contribution in [2.75, 3.05) is 18.5 Å². The number of rotatable bonds is 4. The van der Waals surface area contributed by atoms with E-state index in [0.29, 0.717) is 24.6 Å². The third-order valence-electron chi connectivity index (χ3n) is 3.47. The van der Waals surface area contributed by atoms with Crippen molar-refractivity contribution in [3.05, 3.63) is 16.7 Å². The van der Waals surface area contributed by atoms with E-state index in [-0.39, 0.29) is 17.7 Å². The van der Waals surface area contributed by atoms with E-state index in [1.165, 1.54) is 6.33 Å². The largest absolute Gasteiger partial charge is 0.394 e. The number of hydrogen-bond donors (Lipinski definition) is 4. The van der Waals surface area contributed by atoms with E-state index < -0.39 is 18.4 Å². The Labute approximate surface area is 119 Å². The molecule has 1 fully saturated rings. The molecule has 0 amide bonds. The Hall–Kier alpha value is -1.97. The fraction of sp³-hybridized carbons (Fsp3) is 0.583. The van der Waals surface area contributed by atoms with Crippen molar-refractivity contribution in [3.8, 4) is 0 Å². The quantitative estimate of drug-likeness (QED) is 0.581. The molecule has 9 nitrogen and oxygen atoms in total. The van der Waals surface area contributed by atoms with Crippen LogP contribution in [0.4, 0.5) is 5.95 Å². The number of nitrogens with zero attached hydrogens (tertiary/aromatic N) is 3. The number of imidazole rings is 1. The van der Waals surface area contributed by atoms with Gasteiger partial charge in [0.05, 0.1) is 19.0 Å². The van der Waals surface area contributed by atoms with Gasteiger partial charge in [-0.15, -0.1) is 0 Å². The third-order valence-corrected chi connectivity index (χ3v) is 3.47. The first kappa shape index (κ1) is 14.0. The van der Waals surface area contributed by atoms with Crippen molar-refractivity contribution in [3.63, 3.8) is 0 Å². The molecule has 0 aromatic carbocycles. The fourth-order valence-electron chi connectivity index (χ4n) is 2.44. The number of nitrogens with one attached hydrogen (secondary N) is 2. The Morgan fingerprint density at radius 1 is 1.62 bits per heavy atom. The second-order valence-electron chi connectivity index (χ2n) is 4.88. The van der Waals surface area contributed by atoms with Crippen molar-refractivity contribution in [1.82, 2.24) is 19.5 Å². The summed E-state index contributed by atoms with van der Waals surface area (Å²) in [5.74, 6) is 0.356. The second-order valence-corrected chi connectivity index (χ2v) is 4.88. The first-order chi connectivity index (χ1) is 10.1. The zero-order valence-electron chi connectivity index (χ0n) is 11.5. The minimum atomic E-state index is -0.757. The number of aliphatic hydroxyl groups excluding tert-OH is 2. The molecule has 4 N–H and O–H groups in total. The van der Waals surface area contributed by atoms with Gasteiger partial charge in [0.15, 0.2) is 11.2 Å². The maximum atomic E-state index is 11.9. The monoisotopic (exact) mass is 295 g/mol. The third kappa shape index (κ3) is 2.39. The number of aromatic amines is 1. The number of H-pyrrole nitrogens is 1. The molecule has 0 aliphatic carbocycles. The first-order valence-corrected chi connectivity index (χ1v) is 6.79. The van der Waals surface area contributed by atoms with E-state index in [1.54, 1.807) is 4.57 Å². The van der Waals surface area contributed by atoms with Gasteiger partial charge in [-0.1, -0.05) is 0 Å². The maximum Gasteiger partial charge on any atom is 0.280 e. The van der Waals surface area contributed by atoms with E-state index in [1.807, 2.05) is 6.92 Å². The van der Waals surface area contributed by atoms with Crippen LogP contribution in [0.1, 0.15) is 19.6 Å². The summed E-state index contributed by atoms with van der Waals surface area (Å²) in [6, 6.07) is 0. The van der Waals surface area contributed by atoms with Crippen LogP contribution in [0.25, 0.3) is 11.2 Å². The van der Waals surface area contributed by atoms with Gasteiger partial charge in [-0.3, -0.25) is 14.3 Å². The Morgan fingerprint density at radius 3 is 3.10 bits per heavy atom. The van der Waals surface area contributed by atoms with E-state index in [9.17, 15) is 9.90 Å². The molecule has 1 aliphatic heterocycles. The smallest absolute Gasteiger partial charge is 0.280 e. The molecule has 1 saturated heterocycles. The van der Waals surface area contributed by atoms with Crippen molar-refractivity contribution in [2.24, 2.45) is 0 Å². The van der Waals surface area contributed by atoms with Gasteiger partial charge in [-0.05, 0) is 6.92 Å². The summed E-state index contributed by atoms with van der Waals surface area (Å²) >= 11 is 0. The Bertz CT molecular complexity index is 697. The molecular weight excluding hydrogens is 278 g/mol. The van der Waals surface area contributed by atoms with Crippen molar-refractivity contribution in [2.45, 2.75) is 31.8 Å². The van der Waals surface area contributed by atoms with Crippen LogP contribution >= 0.6 is 0 Å².